The second-order valence-electron chi connectivity index (χ2n) is 5.72. The molecule has 0 aliphatic carbocycles. The number of halogens is 3. The second-order valence-corrected chi connectivity index (χ2v) is 5.72. The van der Waals surface area contributed by atoms with Crippen molar-refractivity contribution < 1.29 is 13.2 Å². The van der Waals surface area contributed by atoms with E-state index in [1.807, 2.05) is 6.07 Å². The molecular weight excluding hydrogens is 291 g/mol. The Kier molecular flexibility index (Phi) is 2.82. The summed E-state index contributed by atoms with van der Waals surface area (Å²) in [6.45, 7) is 1.97. The Labute approximate surface area is 125 Å². The third kappa shape index (κ3) is 2.19. The molecule has 3 nitrogen and oxygen atoms in total. The molecule has 1 unspecified atom stereocenters. The maximum absolute atomic E-state index is 12.8. The molecule has 3 heterocycles. The van der Waals surface area contributed by atoms with Crippen LogP contribution >= 0.6 is 0 Å². The molecule has 2 aliphatic rings. The van der Waals surface area contributed by atoms with E-state index < -0.39 is 11.7 Å². The Hall–Kier alpha value is -2.24. The monoisotopic (exact) mass is 305 g/mol. The molecule has 2 aromatic rings. The van der Waals surface area contributed by atoms with E-state index in [1.165, 1.54) is 6.07 Å². The van der Waals surface area contributed by atoms with Gasteiger partial charge in [-0.15, -0.1) is 0 Å². The number of aromatic nitrogens is 1. The van der Waals surface area contributed by atoms with Crippen LogP contribution < -0.4 is 10.2 Å². The van der Waals surface area contributed by atoms with Gasteiger partial charge in [0.1, 0.15) is 0 Å². The van der Waals surface area contributed by atoms with Gasteiger partial charge >= 0.3 is 6.18 Å². The molecule has 0 radical (unpaired) electrons. The van der Waals surface area contributed by atoms with Crippen LogP contribution in [0.5, 0.6) is 0 Å². The minimum Gasteiger partial charge on any atom is -0.366 e. The Morgan fingerprint density at radius 3 is 2.86 bits per heavy atom. The van der Waals surface area contributed by atoms with Crippen LogP contribution in [0.4, 0.5) is 24.7 Å². The maximum atomic E-state index is 12.8. The van der Waals surface area contributed by atoms with Gasteiger partial charge in [0.2, 0.25) is 0 Å². The topological polar surface area (TPSA) is 28.2 Å². The summed E-state index contributed by atoms with van der Waals surface area (Å²) in [7, 11) is 0. The quantitative estimate of drug-likeness (QED) is 0.869. The van der Waals surface area contributed by atoms with Crippen molar-refractivity contribution in [3.8, 4) is 11.3 Å². The van der Waals surface area contributed by atoms with Crippen LogP contribution in [0.3, 0.4) is 0 Å². The Morgan fingerprint density at radius 1 is 1.18 bits per heavy atom. The SMILES string of the molecule is FC(F)(F)c1cccc(-c2ccc3c(n2)NC2CCN3C2)c1. The van der Waals surface area contributed by atoms with E-state index in [4.69, 9.17) is 0 Å². The van der Waals surface area contributed by atoms with E-state index in [0.717, 1.165) is 43.1 Å². The highest BCUT2D eigenvalue weighted by molar-refractivity contribution is 5.74. The molecule has 2 bridgehead atoms. The lowest BCUT2D eigenvalue weighted by molar-refractivity contribution is -0.137. The van der Waals surface area contributed by atoms with Crippen LogP contribution in [0.15, 0.2) is 36.4 Å². The van der Waals surface area contributed by atoms with Gasteiger partial charge in [0.25, 0.3) is 0 Å². The maximum Gasteiger partial charge on any atom is 0.416 e. The first kappa shape index (κ1) is 13.4. The highest BCUT2D eigenvalue weighted by atomic mass is 19.4. The van der Waals surface area contributed by atoms with Gasteiger partial charge in [-0.25, -0.2) is 4.98 Å². The van der Waals surface area contributed by atoms with E-state index in [0.29, 0.717) is 17.3 Å². The number of pyridine rings is 1. The predicted octanol–water partition coefficient (Wildman–Crippen LogP) is 3.77. The molecular formula is C16H14F3N3. The normalized spacial score (nSPS) is 19.8. The molecule has 0 amide bonds. The first-order chi connectivity index (χ1) is 10.5. The van der Waals surface area contributed by atoms with Gasteiger partial charge < -0.3 is 10.2 Å². The zero-order chi connectivity index (χ0) is 15.3. The average Bonchev–Trinajstić information content (AvgIpc) is 2.88. The summed E-state index contributed by atoms with van der Waals surface area (Å²) in [6.07, 6.45) is -3.28. The summed E-state index contributed by atoms with van der Waals surface area (Å²) in [5.74, 6) is 0.767. The number of anilines is 2. The van der Waals surface area contributed by atoms with Crippen molar-refractivity contribution in [3.63, 3.8) is 0 Å². The molecule has 1 aromatic carbocycles. The molecule has 22 heavy (non-hydrogen) atoms. The number of rotatable bonds is 1. The van der Waals surface area contributed by atoms with E-state index >= 15 is 0 Å². The van der Waals surface area contributed by atoms with E-state index in [2.05, 4.69) is 15.2 Å². The van der Waals surface area contributed by atoms with Crippen molar-refractivity contribution in [1.82, 2.24) is 4.98 Å². The highest BCUT2D eigenvalue weighted by Gasteiger charge is 2.32. The summed E-state index contributed by atoms with van der Waals surface area (Å²) in [5.41, 5.74) is 1.41. The molecule has 1 fully saturated rings. The molecule has 1 aromatic heterocycles. The summed E-state index contributed by atoms with van der Waals surface area (Å²) in [5, 5.41) is 3.37. The van der Waals surface area contributed by atoms with Crippen molar-refractivity contribution >= 4 is 11.5 Å². The van der Waals surface area contributed by atoms with Crippen LogP contribution in [0.2, 0.25) is 0 Å². The highest BCUT2D eigenvalue weighted by Crippen LogP contribution is 2.37. The average molecular weight is 305 g/mol. The molecule has 114 valence electrons. The lowest BCUT2D eigenvalue weighted by Gasteiger charge is -2.28. The summed E-state index contributed by atoms with van der Waals surface area (Å²) < 4.78 is 38.5. The van der Waals surface area contributed by atoms with Gasteiger partial charge in [0, 0.05) is 24.7 Å². The number of alkyl halides is 3. The summed E-state index contributed by atoms with van der Waals surface area (Å²) >= 11 is 0. The van der Waals surface area contributed by atoms with Crippen LogP contribution in [0.1, 0.15) is 12.0 Å². The number of nitrogens with one attached hydrogen (secondary N) is 1. The van der Waals surface area contributed by atoms with Gasteiger partial charge in [-0.1, -0.05) is 12.1 Å². The summed E-state index contributed by atoms with van der Waals surface area (Å²) in [4.78, 5) is 6.79. The minimum absolute atomic E-state index is 0.386. The van der Waals surface area contributed by atoms with E-state index in [9.17, 15) is 13.2 Å². The Balaban J connectivity index is 1.74. The largest absolute Gasteiger partial charge is 0.416 e. The Morgan fingerprint density at radius 2 is 2.05 bits per heavy atom. The fourth-order valence-electron chi connectivity index (χ4n) is 3.12. The van der Waals surface area contributed by atoms with Crippen molar-refractivity contribution in [1.29, 1.82) is 0 Å². The van der Waals surface area contributed by atoms with Gasteiger partial charge in [-0.3, -0.25) is 0 Å². The van der Waals surface area contributed by atoms with Gasteiger partial charge in [0.05, 0.1) is 16.9 Å². The number of fused-ring (bicyclic) bond motifs is 4. The standard InChI is InChI=1S/C16H14F3N3/c17-16(18,19)11-3-1-2-10(8-11)13-4-5-14-15(21-13)20-12-6-7-22(14)9-12/h1-5,8,12H,6-7,9H2,(H,20,21). The molecule has 1 saturated heterocycles. The third-order valence-electron chi connectivity index (χ3n) is 4.23. The molecule has 2 aliphatic heterocycles. The number of hydrogen-bond acceptors (Lipinski definition) is 3. The fourth-order valence-corrected chi connectivity index (χ4v) is 3.12. The first-order valence-electron chi connectivity index (χ1n) is 7.21. The lowest BCUT2D eigenvalue weighted by atomic mass is 10.1. The Bertz CT molecular complexity index is 727. The molecule has 1 N–H and O–H groups in total. The molecule has 6 heteroatoms. The first-order valence-corrected chi connectivity index (χ1v) is 7.21. The van der Waals surface area contributed by atoms with Crippen LogP contribution in [-0.2, 0) is 6.18 Å². The van der Waals surface area contributed by atoms with Gasteiger partial charge in [-0.05, 0) is 30.7 Å². The summed E-state index contributed by atoms with van der Waals surface area (Å²) in [6, 6.07) is 9.40. The van der Waals surface area contributed by atoms with Crippen molar-refractivity contribution in [2.45, 2.75) is 18.6 Å². The minimum atomic E-state index is -4.34. The van der Waals surface area contributed by atoms with Gasteiger partial charge in [0.15, 0.2) is 5.82 Å². The molecule has 0 saturated carbocycles. The van der Waals surface area contributed by atoms with Crippen LogP contribution in [0, 0.1) is 0 Å². The zero-order valence-electron chi connectivity index (χ0n) is 11.7. The molecule has 4 rings (SSSR count). The number of hydrogen-bond donors (Lipinski definition) is 1. The predicted molar refractivity (Wildman–Crippen MR) is 78.9 cm³/mol. The third-order valence-corrected chi connectivity index (χ3v) is 4.23. The second kappa shape index (κ2) is 4.63. The van der Waals surface area contributed by atoms with Crippen molar-refractivity contribution in [3.05, 3.63) is 42.0 Å². The lowest BCUT2D eigenvalue weighted by Crippen LogP contribution is -2.32. The smallest absolute Gasteiger partial charge is 0.366 e. The van der Waals surface area contributed by atoms with E-state index in [-0.39, 0.29) is 0 Å². The zero-order valence-corrected chi connectivity index (χ0v) is 11.7. The number of nitrogens with zero attached hydrogens (tertiary/aromatic N) is 2. The fraction of sp³-hybridized carbons (Fsp3) is 0.312. The van der Waals surface area contributed by atoms with Crippen LogP contribution in [-0.4, -0.2) is 24.1 Å². The molecule has 1 atom stereocenters. The van der Waals surface area contributed by atoms with Crippen molar-refractivity contribution in [2.24, 2.45) is 0 Å². The molecule has 0 spiro atoms. The van der Waals surface area contributed by atoms with Crippen molar-refractivity contribution in [2.75, 3.05) is 23.3 Å². The van der Waals surface area contributed by atoms with Gasteiger partial charge in [-0.2, -0.15) is 13.2 Å². The van der Waals surface area contributed by atoms with E-state index in [1.54, 1.807) is 12.1 Å². The van der Waals surface area contributed by atoms with Crippen LogP contribution in [0.25, 0.3) is 11.3 Å². The number of benzene rings is 1.